The smallest absolute Gasteiger partial charge is 0.307 e. The van der Waals surface area contributed by atoms with Crippen molar-refractivity contribution in [2.45, 2.75) is 6.42 Å². The number of ether oxygens (including phenoxy) is 1. The molecular weight excluding hydrogens is 221 g/mol. The van der Waals surface area contributed by atoms with Gasteiger partial charge in [-0.2, -0.15) is 0 Å². The topological polar surface area (TPSA) is 38.3 Å². The van der Waals surface area contributed by atoms with Crippen LogP contribution in [0.2, 0.25) is 5.02 Å². The Bertz CT molecular complexity index is 357. The van der Waals surface area contributed by atoms with Crippen molar-refractivity contribution in [1.29, 1.82) is 0 Å². The largest absolute Gasteiger partial charge is 0.469 e. The quantitative estimate of drug-likeness (QED) is 0.809. The van der Waals surface area contributed by atoms with E-state index >= 15 is 0 Å². The molecule has 0 radical (unpaired) electrons. The zero-order chi connectivity index (χ0) is 11.3. The first-order valence-electron chi connectivity index (χ1n) is 4.40. The Morgan fingerprint density at radius 2 is 2.33 bits per heavy atom. The number of nitrogens with one attached hydrogen (secondary N) is 1. The summed E-state index contributed by atoms with van der Waals surface area (Å²) >= 11 is 5.58. The van der Waals surface area contributed by atoms with Crippen molar-refractivity contribution in [2.24, 2.45) is 0 Å². The molecule has 1 aromatic rings. The highest BCUT2D eigenvalue weighted by atomic mass is 35.5. The van der Waals surface area contributed by atoms with Gasteiger partial charge in [0.05, 0.1) is 24.2 Å². The van der Waals surface area contributed by atoms with Gasteiger partial charge < -0.3 is 10.1 Å². The van der Waals surface area contributed by atoms with Crippen LogP contribution in [0.4, 0.5) is 10.1 Å². The summed E-state index contributed by atoms with van der Waals surface area (Å²) in [6.45, 7) is 0.309. The van der Waals surface area contributed by atoms with Crippen LogP contribution in [0.3, 0.4) is 0 Å². The lowest BCUT2D eigenvalue weighted by Gasteiger charge is -2.07. The predicted molar refractivity (Wildman–Crippen MR) is 56.5 cm³/mol. The van der Waals surface area contributed by atoms with Crippen molar-refractivity contribution in [3.05, 3.63) is 29.0 Å². The molecule has 0 aromatic heterocycles. The number of rotatable bonds is 4. The number of anilines is 1. The fourth-order valence-corrected chi connectivity index (χ4v) is 1.22. The van der Waals surface area contributed by atoms with Gasteiger partial charge >= 0.3 is 5.97 Å². The fraction of sp³-hybridized carbons (Fsp3) is 0.300. The van der Waals surface area contributed by atoms with E-state index in [4.69, 9.17) is 11.6 Å². The maximum atomic E-state index is 13.3. The normalized spacial score (nSPS) is 9.80. The number of methoxy groups -OCH3 is 1. The fourth-order valence-electron chi connectivity index (χ4n) is 1.04. The summed E-state index contributed by atoms with van der Waals surface area (Å²) in [4.78, 5) is 10.8. The van der Waals surface area contributed by atoms with Crippen LogP contribution in [0.5, 0.6) is 0 Å². The summed E-state index contributed by atoms with van der Waals surface area (Å²) in [7, 11) is 1.31. The number of hydrogen-bond acceptors (Lipinski definition) is 3. The average Bonchev–Trinajstić information content (AvgIpc) is 2.24. The first-order chi connectivity index (χ1) is 7.15. The Kier molecular flexibility index (Phi) is 4.37. The summed E-state index contributed by atoms with van der Waals surface area (Å²) in [5.41, 5.74) is 0.284. The second kappa shape index (κ2) is 5.56. The molecule has 1 aromatic carbocycles. The Morgan fingerprint density at radius 3 is 3.00 bits per heavy atom. The van der Waals surface area contributed by atoms with Gasteiger partial charge in [0.1, 0.15) is 0 Å². The first-order valence-corrected chi connectivity index (χ1v) is 4.77. The highest BCUT2D eigenvalue weighted by Gasteiger charge is 2.06. The monoisotopic (exact) mass is 231 g/mol. The van der Waals surface area contributed by atoms with Crippen molar-refractivity contribution < 1.29 is 13.9 Å². The van der Waals surface area contributed by atoms with Gasteiger partial charge in [0.15, 0.2) is 5.82 Å². The van der Waals surface area contributed by atoms with Gasteiger partial charge in [0.2, 0.25) is 0 Å². The maximum absolute atomic E-state index is 13.3. The van der Waals surface area contributed by atoms with Crippen LogP contribution < -0.4 is 5.32 Å². The highest BCUT2D eigenvalue weighted by Crippen LogP contribution is 2.21. The standard InChI is InChI=1S/C10H11ClFNO2/c1-15-9(14)5-6-13-8-4-2-3-7(11)10(8)12/h2-4,13H,5-6H2,1H3. The molecule has 3 nitrogen and oxygen atoms in total. The van der Waals surface area contributed by atoms with Gasteiger partial charge in [0.25, 0.3) is 0 Å². The molecule has 0 unspecified atom stereocenters. The second-order valence-electron chi connectivity index (χ2n) is 2.85. The molecule has 0 amide bonds. The third-order valence-electron chi connectivity index (χ3n) is 1.82. The van der Waals surface area contributed by atoms with E-state index in [-0.39, 0.29) is 23.1 Å². The number of benzene rings is 1. The number of carbonyl (C=O) groups is 1. The van der Waals surface area contributed by atoms with Crippen molar-refractivity contribution in [3.8, 4) is 0 Å². The second-order valence-corrected chi connectivity index (χ2v) is 3.26. The molecule has 5 heteroatoms. The summed E-state index contributed by atoms with van der Waals surface area (Å²) in [6, 6.07) is 4.65. The Balaban J connectivity index is 2.51. The van der Waals surface area contributed by atoms with E-state index in [0.717, 1.165) is 0 Å². The van der Waals surface area contributed by atoms with Crippen LogP contribution in [-0.4, -0.2) is 19.6 Å². The summed E-state index contributed by atoms with van der Waals surface area (Å²) in [5.74, 6) is -0.853. The molecule has 0 aliphatic heterocycles. The zero-order valence-corrected chi connectivity index (χ0v) is 8.97. The van der Waals surface area contributed by atoms with E-state index in [1.165, 1.54) is 13.2 Å². The van der Waals surface area contributed by atoms with Crippen molar-refractivity contribution >= 4 is 23.3 Å². The summed E-state index contributed by atoms with van der Waals surface area (Å²) in [5, 5.41) is 2.81. The molecule has 0 saturated heterocycles. The van der Waals surface area contributed by atoms with Crippen LogP contribution in [-0.2, 0) is 9.53 Å². The van der Waals surface area contributed by atoms with Crippen molar-refractivity contribution in [3.63, 3.8) is 0 Å². The Labute approximate surface area is 92.2 Å². The molecule has 0 atom stereocenters. The van der Waals surface area contributed by atoms with E-state index in [1.54, 1.807) is 12.1 Å². The van der Waals surface area contributed by atoms with Gasteiger partial charge in [-0.25, -0.2) is 4.39 Å². The summed E-state index contributed by atoms with van der Waals surface area (Å²) in [6.07, 6.45) is 0.183. The van der Waals surface area contributed by atoms with Crippen LogP contribution in [0.15, 0.2) is 18.2 Å². The predicted octanol–water partition coefficient (Wildman–Crippen LogP) is 2.45. The molecule has 1 N–H and O–H groups in total. The number of carbonyl (C=O) groups excluding carboxylic acids is 1. The molecule has 0 fully saturated rings. The van der Waals surface area contributed by atoms with Crippen LogP contribution in [0.1, 0.15) is 6.42 Å². The molecule has 0 spiro atoms. The van der Waals surface area contributed by atoms with E-state index in [2.05, 4.69) is 10.1 Å². The lowest BCUT2D eigenvalue weighted by atomic mass is 10.3. The minimum absolute atomic E-state index is 0.0538. The molecule has 0 aliphatic rings. The molecule has 0 heterocycles. The maximum Gasteiger partial charge on any atom is 0.307 e. The van der Waals surface area contributed by atoms with Gasteiger partial charge in [-0.1, -0.05) is 17.7 Å². The lowest BCUT2D eigenvalue weighted by molar-refractivity contribution is -0.140. The van der Waals surface area contributed by atoms with Gasteiger partial charge in [0, 0.05) is 6.54 Å². The third kappa shape index (κ3) is 3.40. The minimum atomic E-state index is -0.510. The van der Waals surface area contributed by atoms with E-state index < -0.39 is 5.82 Å². The number of halogens is 2. The van der Waals surface area contributed by atoms with Crippen LogP contribution in [0, 0.1) is 5.82 Å². The summed E-state index contributed by atoms with van der Waals surface area (Å²) < 4.78 is 17.7. The van der Waals surface area contributed by atoms with Crippen LogP contribution >= 0.6 is 11.6 Å². The molecule has 0 bridgehead atoms. The van der Waals surface area contributed by atoms with Gasteiger partial charge in [-0.15, -0.1) is 0 Å². The van der Waals surface area contributed by atoms with Gasteiger partial charge in [-0.3, -0.25) is 4.79 Å². The molecule has 0 aliphatic carbocycles. The van der Waals surface area contributed by atoms with Crippen molar-refractivity contribution in [2.75, 3.05) is 19.0 Å². The Morgan fingerprint density at radius 1 is 1.60 bits per heavy atom. The molecule has 1 rings (SSSR count). The lowest BCUT2D eigenvalue weighted by Crippen LogP contribution is -2.10. The van der Waals surface area contributed by atoms with E-state index in [1.807, 2.05) is 0 Å². The van der Waals surface area contributed by atoms with Crippen molar-refractivity contribution in [1.82, 2.24) is 0 Å². The number of hydrogen-bond donors (Lipinski definition) is 1. The molecular formula is C10H11ClFNO2. The van der Waals surface area contributed by atoms with E-state index in [9.17, 15) is 9.18 Å². The SMILES string of the molecule is COC(=O)CCNc1cccc(Cl)c1F. The third-order valence-corrected chi connectivity index (χ3v) is 2.12. The zero-order valence-electron chi connectivity index (χ0n) is 8.22. The molecule has 15 heavy (non-hydrogen) atoms. The molecule has 0 saturated carbocycles. The van der Waals surface area contributed by atoms with Gasteiger partial charge in [-0.05, 0) is 12.1 Å². The highest BCUT2D eigenvalue weighted by molar-refractivity contribution is 6.31. The minimum Gasteiger partial charge on any atom is -0.469 e. The average molecular weight is 232 g/mol. The Hall–Kier alpha value is -1.29. The van der Waals surface area contributed by atoms with E-state index in [0.29, 0.717) is 6.54 Å². The number of esters is 1. The first kappa shape index (κ1) is 11.8. The van der Waals surface area contributed by atoms with Crippen LogP contribution in [0.25, 0.3) is 0 Å². The molecule has 82 valence electrons.